The number of hydrogen-bond donors (Lipinski definition) is 0. The predicted octanol–water partition coefficient (Wildman–Crippen LogP) is 1.66. The van der Waals surface area contributed by atoms with Crippen molar-refractivity contribution in [2.45, 2.75) is 11.8 Å². The van der Waals surface area contributed by atoms with Gasteiger partial charge in [-0.15, -0.1) is 0 Å². The largest absolute Gasteiger partial charge is 0.457 e. The second kappa shape index (κ2) is 6.81. The molecule has 0 heterocycles. The van der Waals surface area contributed by atoms with E-state index < -0.39 is 26.5 Å². The molecule has 1 aromatic carbocycles. The van der Waals surface area contributed by atoms with Gasteiger partial charge in [0.1, 0.15) is 6.61 Å². The van der Waals surface area contributed by atoms with Gasteiger partial charge in [0.25, 0.3) is 0 Å². The van der Waals surface area contributed by atoms with Crippen molar-refractivity contribution < 1.29 is 22.7 Å². The Morgan fingerprint density at radius 2 is 1.85 bits per heavy atom. The van der Waals surface area contributed by atoms with Crippen molar-refractivity contribution in [1.29, 1.82) is 0 Å². The normalized spacial score (nSPS) is 11.8. The van der Waals surface area contributed by atoms with Gasteiger partial charge in [-0.1, -0.05) is 30.9 Å². The molecular weight excluding hydrogens is 280 g/mol. The minimum Gasteiger partial charge on any atom is -0.457 e. The van der Waals surface area contributed by atoms with Crippen LogP contribution < -0.4 is 0 Å². The average Bonchev–Trinajstić information content (AvgIpc) is 2.42. The van der Waals surface area contributed by atoms with Crippen molar-refractivity contribution in [3.05, 3.63) is 54.0 Å². The van der Waals surface area contributed by atoms with E-state index in [-0.39, 0.29) is 11.5 Å². The molecule has 0 unspecified atom stereocenters. The minimum absolute atomic E-state index is 0.0805. The number of carbonyl (C=O) groups excluding carboxylic acids is 2. The molecule has 0 bridgehead atoms. The Labute approximate surface area is 117 Å². The zero-order valence-corrected chi connectivity index (χ0v) is 11.7. The van der Waals surface area contributed by atoms with Gasteiger partial charge in [-0.2, -0.15) is 0 Å². The van der Waals surface area contributed by atoms with Crippen LogP contribution in [-0.4, -0.2) is 26.8 Å². The van der Waals surface area contributed by atoms with Crippen molar-refractivity contribution in [1.82, 2.24) is 0 Å². The van der Waals surface area contributed by atoms with Crippen molar-refractivity contribution >= 4 is 21.6 Å². The highest BCUT2D eigenvalue weighted by atomic mass is 32.2. The fraction of sp³-hybridized carbons (Fsp3) is 0.143. The number of sulfone groups is 1. The summed E-state index contributed by atoms with van der Waals surface area (Å²) in [6, 6.07) is 7.36. The molecule has 0 N–H and O–H groups in total. The van der Waals surface area contributed by atoms with Gasteiger partial charge in [0.15, 0.2) is 10.7 Å². The molecule has 0 saturated carbocycles. The SMILES string of the molecule is C=CCOC(=O)/C(=C\C(C)=O)S(=O)(=O)c1ccccc1. The second-order valence-electron chi connectivity index (χ2n) is 3.82. The molecule has 5 nitrogen and oxygen atoms in total. The summed E-state index contributed by atoms with van der Waals surface area (Å²) < 4.78 is 29.4. The molecule has 0 atom stereocenters. The molecular formula is C14H14O5S. The van der Waals surface area contributed by atoms with Gasteiger partial charge in [-0.3, -0.25) is 4.79 Å². The van der Waals surface area contributed by atoms with Crippen molar-refractivity contribution in [3.63, 3.8) is 0 Å². The maximum atomic E-state index is 12.3. The van der Waals surface area contributed by atoms with Crippen LogP contribution in [0.3, 0.4) is 0 Å². The average molecular weight is 294 g/mol. The van der Waals surface area contributed by atoms with Crippen molar-refractivity contribution in [2.75, 3.05) is 6.61 Å². The third kappa shape index (κ3) is 3.89. The van der Waals surface area contributed by atoms with Crippen LogP contribution in [0.25, 0.3) is 0 Å². The topological polar surface area (TPSA) is 77.5 Å². The van der Waals surface area contributed by atoms with Gasteiger partial charge in [-0.25, -0.2) is 13.2 Å². The van der Waals surface area contributed by atoms with E-state index in [0.29, 0.717) is 0 Å². The van der Waals surface area contributed by atoms with E-state index in [9.17, 15) is 18.0 Å². The first kappa shape index (κ1) is 15.8. The molecule has 0 saturated heterocycles. The highest BCUT2D eigenvalue weighted by Crippen LogP contribution is 2.20. The monoisotopic (exact) mass is 294 g/mol. The number of rotatable bonds is 6. The zero-order chi connectivity index (χ0) is 15.2. The van der Waals surface area contributed by atoms with Crippen LogP contribution in [0.2, 0.25) is 0 Å². The standard InChI is InChI=1S/C14H14O5S/c1-3-9-19-14(16)13(10-11(2)15)20(17,18)12-7-5-4-6-8-12/h3-8,10H,1,9H2,2H3/b13-10+. The van der Waals surface area contributed by atoms with Gasteiger partial charge >= 0.3 is 5.97 Å². The Balaban J connectivity index is 3.28. The van der Waals surface area contributed by atoms with E-state index in [0.717, 1.165) is 13.0 Å². The summed E-state index contributed by atoms with van der Waals surface area (Å²) >= 11 is 0. The first-order chi connectivity index (χ1) is 9.39. The van der Waals surface area contributed by atoms with E-state index in [1.54, 1.807) is 6.07 Å². The zero-order valence-electron chi connectivity index (χ0n) is 10.9. The lowest BCUT2D eigenvalue weighted by molar-refractivity contribution is -0.137. The molecule has 1 rings (SSSR count). The minimum atomic E-state index is -4.09. The number of ether oxygens (including phenoxy) is 1. The molecule has 20 heavy (non-hydrogen) atoms. The summed E-state index contributed by atoms with van der Waals surface area (Å²) in [6.45, 7) is 4.37. The summed E-state index contributed by atoms with van der Waals surface area (Å²) in [4.78, 5) is 22.2. The third-order valence-corrected chi connectivity index (χ3v) is 3.97. The van der Waals surface area contributed by atoms with E-state index in [1.807, 2.05) is 0 Å². The number of esters is 1. The molecule has 0 radical (unpaired) electrons. The fourth-order valence-electron chi connectivity index (χ4n) is 1.36. The third-order valence-electron chi connectivity index (χ3n) is 2.21. The van der Waals surface area contributed by atoms with Crippen molar-refractivity contribution in [3.8, 4) is 0 Å². The lowest BCUT2D eigenvalue weighted by Crippen LogP contribution is -2.18. The Kier molecular flexibility index (Phi) is 5.40. The van der Waals surface area contributed by atoms with Crippen LogP contribution in [0, 0.1) is 0 Å². The number of allylic oxidation sites excluding steroid dienone is 1. The van der Waals surface area contributed by atoms with E-state index >= 15 is 0 Å². The highest BCUT2D eigenvalue weighted by Gasteiger charge is 2.28. The van der Waals surface area contributed by atoms with Gasteiger partial charge < -0.3 is 4.74 Å². The Hall–Kier alpha value is -2.21. The van der Waals surface area contributed by atoms with Gasteiger partial charge in [0.05, 0.1) is 4.90 Å². The second-order valence-corrected chi connectivity index (χ2v) is 5.74. The molecule has 106 valence electrons. The molecule has 6 heteroatoms. The highest BCUT2D eigenvalue weighted by molar-refractivity contribution is 7.96. The Morgan fingerprint density at radius 3 is 2.35 bits per heavy atom. The van der Waals surface area contributed by atoms with Crippen LogP contribution >= 0.6 is 0 Å². The van der Waals surface area contributed by atoms with E-state index in [2.05, 4.69) is 6.58 Å². The van der Waals surface area contributed by atoms with E-state index in [4.69, 9.17) is 4.74 Å². The quantitative estimate of drug-likeness (QED) is 0.453. The smallest absolute Gasteiger partial charge is 0.350 e. The fourth-order valence-corrected chi connectivity index (χ4v) is 2.73. The Morgan fingerprint density at radius 1 is 1.25 bits per heavy atom. The summed E-state index contributed by atoms with van der Waals surface area (Å²) in [5.74, 6) is -1.64. The maximum absolute atomic E-state index is 12.3. The lowest BCUT2D eigenvalue weighted by Gasteiger charge is -2.08. The molecule has 0 amide bonds. The first-order valence-electron chi connectivity index (χ1n) is 5.70. The summed E-state index contributed by atoms with van der Waals surface area (Å²) in [5.41, 5.74) is 0. The van der Waals surface area contributed by atoms with Gasteiger partial charge in [-0.05, 0) is 19.1 Å². The van der Waals surface area contributed by atoms with Crippen LogP contribution in [-0.2, 0) is 24.2 Å². The van der Waals surface area contributed by atoms with Crippen LogP contribution in [0.1, 0.15) is 6.92 Å². The molecule has 0 aliphatic rings. The number of ketones is 1. The van der Waals surface area contributed by atoms with Crippen LogP contribution in [0.5, 0.6) is 0 Å². The van der Waals surface area contributed by atoms with Gasteiger partial charge in [0, 0.05) is 6.08 Å². The first-order valence-corrected chi connectivity index (χ1v) is 7.18. The number of carbonyl (C=O) groups is 2. The molecule has 0 fully saturated rings. The van der Waals surface area contributed by atoms with Crippen LogP contribution in [0.15, 0.2) is 58.9 Å². The van der Waals surface area contributed by atoms with E-state index in [1.165, 1.54) is 30.3 Å². The predicted molar refractivity (Wildman–Crippen MR) is 73.5 cm³/mol. The molecule has 1 aromatic rings. The summed E-state index contributed by atoms with van der Waals surface area (Å²) in [7, 11) is -4.09. The van der Waals surface area contributed by atoms with Crippen LogP contribution in [0.4, 0.5) is 0 Å². The number of hydrogen-bond acceptors (Lipinski definition) is 5. The molecule has 0 spiro atoms. The molecule has 0 aliphatic heterocycles. The Bertz CT molecular complexity index is 641. The number of benzene rings is 1. The lowest BCUT2D eigenvalue weighted by atomic mass is 10.4. The summed E-state index contributed by atoms with van der Waals surface area (Å²) in [6.07, 6.45) is 2.06. The van der Waals surface area contributed by atoms with Crippen molar-refractivity contribution in [2.24, 2.45) is 0 Å². The maximum Gasteiger partial charge on any atom is 0.350 e. The summed E-state index contributed by atoms with van der Waals surface area (Å²) in [5, 5.41) is 0. The van der Waals surface area contributed by atoms with Gasteiger partial charge in [0.2, 0.25) is 9.84 Å². The molecule has 0 aliphatic carbocycles. The molecule has 0 aromatic heterocycles.